The zero-order valence-corrected chi connectivity index (χ0v) is 14.5. The number of rotatable bonds is 3. The van der Waals surface area contributed by atoms with Gasteiger partial charge in [0.15, 0.2) is 0 Å². The highest BCUT2D eigenvalue weighted by molar-refractivity contribution is 7.22. The minimum absolute atomic E-state index is 0.0529. The molecule has 2 aromatic rings. The van der Waals surface area contributed by atoms with Crippen LogP contribution in [-0.4, -0.2) is 40.6 Å². The Kier molecular flexibility index (Phi) is 4.34. The van der Waals surface area contributed by atoms with E-state index in [4.69, 9.17) is 0 Å². The molecule has 1 unspecified atom stereocenters. The highest BCUT2D eigenvalue weighted by Crippen LogP contribution is 2.34. The minimum atomic E-state index is -0.177. The van der Waals surface area contributed by atoms with Crippen LogP contribution in [0.2, 0.25) is 0 Å². The topological polar surface area (TPSA) is 53.4 Å². The number of aromatic nitrogens is 1. The molecule has 0 aromatic carbocycles. The second-order valence-electron chi connectivity index (χ2n) is 6.21. The van der Waals surface area contributed by atoms with Crippen molar-refractivity contribution in [3.05, 3.63) is 28.1 Å². The molecule has 0 bridgehead atoms. The maximum Gasteiger partial charge on any atom is 0.265 e. The minimum Gasteiger partial charge on any atom is -0.396 e. The first-order chi connectivity index (χ1) is 10.5. The van der Waals surface area contributed by atoms with E-state index < -0.39 is 0 Å². The third kappa shape index (κ3) is 2.95. The molecule has 2 aromatic heterocycles. The summed E-state index contributed by atoms with van der Waals surface area (Å²) in [6, 6.07) is 4.02. The number of thiazole rings is 1. The molecule has 0 spiro atoms. The van der Waals surface area contributed by atoms with Crippen molar-refractivity contribution in [2.45, 2.75) is 26.7 Å². The number of hydrogen-bond acceptors (Lipinski definition) is 5. The lowest BCUT2D eigenvalue weighted by Gasteiger charge is -2.39. The van der Waals surface area contributed by atoms with Crippen LogP contribution in [0.15, 0.2) is 17.5 Å². The Labute approximate surface area is 138 Å². The molecule has 3 rings (SSSR count). The molecule has 1 aliphatic heterocycles. The van der Waals surface area contributed by atoms with Crippen LogP contribution in [0.25, 0.3) is 9.88 Å². The third-order valence-corrected chi connectivity index (χ3v) is 6.36. The van der Waals surface area contributed by atoms with E-state index in [1.165, 1.54) is 11.3 Å². The highest BCUT2D eigenvalue weighted by Gasteiger charge is 2.34. The van der Waals surface area contributed by atoms with Gasteiger partial charge < -0.3 is 10.0 Å². The summed E-state index contributed by atoms with van der Waals surface area (Å²) >= 11 is 3.11. The number of carbonyl (C=O) groups is 1. The smallest absolute Gasteiger partial charge is 0.265 e. The second-order valence-corrected chi connectivity index (χ2v) is 8.16. The maximum atomic E-state index is 12.8. The number of likely N-dealkylation sites (tertiary alicyclic amines) is 1. The Balaban J connectivity index is 1.83. The fourth-order valence-corrected chi connectivity index (χ4v) is 4.69. The molecule has 0 radical (unpaired) electrons. The molecule has 1 amide bonds. The number of hydrogen-bond donors (Lipinski definition) is 1. The van der Waals surface area contributed by atoms with Crippen molar-refractivity contribution in [3.63, 3.8) is 0 Å². The van der Waals surface area contributed by atoms with E-state index >= 15 is 0 Å². The van der Waals surface area contributed by atoms with Crippen molar-refractivity contribution in [2.75, 3.05) is 19.7 Å². The summed E-state index contributed by atoms with van der Waals surface area (Å²) in [6.45, 7) is 5.45. The van der Waals surface area contributed by atoms with Crippen molar-refractivity contribution >= 4 is 28.6 Å². The average Bonchev–Trinajstić information content (AvgIpc) is 3.16. The van der Waals surface area contributed by atoms with Crippen molar-refractivity contribution < 1.29 is 9.90 Å². The zero-order valence-electron chi connectivity index (χ0n) is 12.8. The lowest BCUT2D eigenvalue weighted by Crippen LogP contribution is -2.46. The Morgan fingerprint density at radius 3 is 3.05 bits per heavy atom. The summed E-state index contributed by atoms with van der Waals surface area (Å²) < 4.78 is 0. The summed E-state index contributed by atoms with van der Waals surface area (Å²) in [5.74, 6) is 0.0529. The van der Waals surface area contributed by atoms with Gasteiger partial charge in [-0.2, -0.15) is 0 Å². The Bertz CT molecular complexity index is 666. The molecule has 22 heavy (non-hydrogen) atoms. The predicted octanol–water partition coefficient (Wildman–Crippen LogP) is 3.41. The van der Waals surface area contributed by atoms with Crippen LogP contribution in [0.5, 0.6) is 0 Å². The van der Waals surface area contributed by atoms with Crippen LogP contribution < -0.4 is 0 Å². The Morgan fingerprint density at radius 2 is 2.36 bits per heavy atom. The van der Waals surface area contributed by atoms with E-state index in [0.717, 1.165) is 39.8 Å². The van der Waals surface area contributed by atoms with Crippen LogP contribution in [0, 0.1) is 12.3 Å². The summed E-state index contributed by atoms with van der Waals surface area (Å²) in [5.41, 5.74) is 0.623. The van der Waals surface area contributed by atoms with Gasteiger partial charge in [0.25, 0.3) is 5.91 Å². The van der Waals surface area contributed by atoms with Gasteiger partial charge in [0.1, 0.15) is 9.88 Å². The van der Waals surface area contributed by atoms with Crippen molar-refractivity contribution in [1.82, 2.24) is 9.88 Å². The van der Waals surface area contributed by atoms with Gasteiger partial charge in [0, 0.05) is 18.5 Å². The average molecular weight is 336 g/mol. The quantitative estimate of drug-likeness (QED) is 0.934. The fraction of sp³-hybridized carbons (Fsp3) is 0.500. The van der Waals surface area contributed by atoms with E-state index in [9.17, 15) is 9.90 Å². The second kappa shape index (κ2) is 6.10. The largest absolute Gasteiger partial charge is 0.396 e. The van der Waals surface area contributed by atoms with Gasteiger partial charge in [0.05, 0.1) is 17.2 Å². The summed E-state index contributed by atoms with van der Waals surface area (Å²) in [7, 11) is 0. The number of aliphatic hydroxyl groups excluding tert-OH is 1. The van der Waals surface area contributed by atoms with Gasteiger partial charge in [-0.3, -0.25) is 4.79 Å². The molecule has 1 saturated heterocycles. The van der Waals surface area contributed by atoms with Crippen LogP contribution >= 0.6 is 22.7 Å². The molecule has 1 fully saturated rings. The molecule has 118 valence electrons. The molecule has 4 nitrogen and oxygen atoms in total. The summed E-state index contributed by atoms with van der Waals surface area (Å²) in [5, 5.41) is 12.5. The SMILES string of the molecule is Cc1nc(-c2cccs2)sc1C(=O)N1CCCC(C)(CO)C1. The molecule has 3 heterocycles. The molecule has 1 atom stereocenters. The van der Waals surface area contributed by atoms with E-state index in [2.05, 4.69) is 4.98 Å². The van der Waals surface area contributed by atoms with Crippen LogP contribution in [0.3, 0.4) is 0 Å². The summed E-state index contributed by atoms with van der Waals surface area (Å²) in [6.07, 6.45) is 1.91. The van der Waals surface area contributed by atoms with Gasteiger partial charge in [-0.25, -0.2) is 4.98 Å². The fourth-order valence-electron chi connectivity index (χ4n) is 2.86. The van der Waals surface area contributed by atoms with Crippen LogP contribution in [-0.2, 0) is 0 Å². The Hall–Kier alpha value is -1.24. The van der Waals surface area contributed by atoms with Gasteiger partial charge in [0.2, 0.25) is 0 Å². The molecular formula is C16H20N2O2S2. The standard InChI is InChI=1S/C16H20N2O2S2/c1-11-13(22-14(17-11)12-5-3-8-21-12)15(20)18-7-4-6-16(2,9-18)10-19/h3,5,8,19H,4,6-7,9-10H2,1-2H3. The van der Waals surface area contributed by atoms with E-state index in [0.29, 0.717) is 6.54 Å². The Morgan fingerprint density at radius 1 is 1.55 bits per heavy atom. The first-order valence-corrected chi connectivity index (χ1v) is 9.13. The zero-order chi connectivity index (χ0) is 15.7. The number of amides is 1. The molecule has 0 aliphatic carbocycles. The summed E-state index contributed by atoms with van der Waals surface area (Å²) in [4.78, 5) is 21.1. The van der Waals surface area contributed by atoms with E-state index in [1.54, 1.807) is 11.3 Å². The monoisotopic (exact) mass is 336 g/mol. The number of aryl methyl sites for hydroxylation is 1. The molecule has 1 aliphatic rings. The predicted molar refractivity (Wildman–Crippen MR) is 90.5 cm³/mol. The van der Waals surface area contributed by atoms with Crippen molar-refractivity contribution in [3.8, 4) is 9.88 Å². The van der Waals surface area contributed by atoms with Gasteiger partial charge in [-0.05, 0) is 31.2 Å². The molecule has 6 heteroatoms. The number of nitrogens with zero attached hydrogens (tertiary/aromatic N) is 2. The van der Waals surface area contributed by atoms with Crippen molar-refractivity contribution in [1.29, 1.82) is 0 Å². The lowest BCUT2D eigenvalue weighted by molar-refractivity contribution is 0.0360. The van der Waals surface area contributed by atoms with Gasteiger partial charge in [-0.1, -0.05) is 13.0 Å². The third-order valence-electron chi connectivity index (χ3n) is 4.17. The van der Waals surface area contributed by atoms with E-state index in [1.807, 2.05) is 36.3 Å². The first-order valence-electron chi connectivity index (χ1n) is 7.44. The maximum absolute atomic E-state index is 12.8. The first kappa shape index (κ1) is 15.6. The number of carbonyl (C=O) groups excluding carboxylic acids is 1. The highest BCUT2D eigenvalue weighted by atomic mass is 32.1. The normalized spacial score (nSPS) is 22.0. The number of piperidine rings is 1. The van der Waals surface area contributed by atoms with Gasteiger partial charge >= 0.3 is 0 Å². The molecule has 0 saturated carbocycles. The number of aliphatic hydroxyl groups is 1. The van der Waals surface area contributed by atoms with Crippen molar-refractivity contribution in [2.24, 2.45) is 5.41 Å². The lowest BCUT2D eigenvalue weighted by atomic mass is 9.83. The molecule has 1 N–H and O–H groups in total. The van der Waals surface area contributed by atoms with Crippen LogP contribution in [0.1, 0.15) is 35.1 Å². The molecular weight excluding hydrogens is 316 g/mol. The number of thiophene rings is 1. The van der Waals surface area contributed by atoms with E-state index in [-0.39, 0.29) is 17.9 Å². The van der Waals surface area contributed by atoms with Gasteiger partial charge in [-0.15, -0.1) is 22.7 Å². The van der Waals surface area contributed by atoms with Crippen LogP contribution in [0.4, 0.5) is 0 Å².